The summed E-state index contributed by atoms with van der Waals surface area (Å²) >= 11 is 0. The number of hydrogen-bond donors (Lipinski definition) is 2. The normalized spacial score (nSPS) is 15.7. The summed E-state index contributed by atoms with van der Waals surface area (Å²) < 4.78 is 11.7. The van der Waals surface area contributed by atoms with Crippen LogP contribution in [0.5, 0.6) is 17.4 Å². The zero-order valence-corrected chi connectivity index (χ0v) is 15.6. The van der Waals surface area contributed by atoms with Crippen LogP contribution >= 0.6 is 0 Å². The first-order chi connectivity index (χ1) is 13.5. The van der Waals surface area contributed by atoms with Gasteiger partial charge in [-0.3, -0.25) is 4.79 Å². The number of carbonyl (C=O) groups is 1. The third kappa shape index (κ3) is 2.90. The molecule has 4 rings (SSSR count). The van der Waals surface area contributed by atoms with Crippen molar-refractivity contribution in [1.82, 2.24) is 20.0 Å². The van der Waals surface area contributed by atoms with Gasteiger partial charge in [0, 0.05) is 24.0 Å². The predicted octanol–water partition coefficient (Wildman–Crippen LogP) is 2.17. The van der Waals surface area contributed by atoms with Gasteiger partial charge >= 0.3 is 0 Å². The standard InChI is InChI=1S/C19H19N5O4/c1-10-18-12(11-4-5-14(27-2)13(25)8-11)9-16(26)20-19(18)24(23-10)15-6-7-17(28-3)22-21-15/h4-8,12,25H,9H2,1-3H3,(H,20,26)/t12-/m0/s1. The van der Waals surface area contributed by atoms with Gasteiger partial charge in [0.25, 0.3) is 0 Å². The number of aromatic hydroxyl groups is 1. The number of nitrogens with zero attached hydrogens (tertiary/aromatic N) is 4. The van der Waals surface area contributed by atoms with Gasteiger partial charge in [-0.1, -0.05) is 6.07 Å². The molecule has 0 radical (unpaired) electrons. The predicted molar refractivity (Wildman–Crippen MR) is 100 cm³/mol. The topological polar surface area (TPSA) is 111 Å². The minimum Gasteiger partial charge on any atom is -0.504 e. The molecule has 2 N–H and O–H groups in total. The lowest BCUT2D eigenvalue weighted by Gasteiger charge is -2.24. The van der Waals surface area contributed by atoms with Crippen LogP contribution in [0, 0.1) is 6.92 Å². The first-order valence-corrected chi connectivity index (χ1v) is 8.66. The second kappa shape index (κ2) is 6.84. The van der Waals surface area contributed by atoms with E-state index in [-0.39, 0.29) is 24.0 Å². The molecule has 0 unspecified atom stereocenters. The molecule has 1 amide bonds. The Morgan fingerprint density at radius 1 is 1.18 bits per heavy atom. The number of rotatable bonds is 4. The van der Waals surface area contributed by atoms with Gasteiger partial charge in [0.15, 0.2) is 17.3 Å². The van der Waals surface area contributed by atoms with E-state index in [9.17, 15) is 9.90 Å². The molecule has 0 spiro atoms. The van der Waals surface area contributed by atoms with E-state index in [2.05, 4.69) is 20.6 Å². The van der Waals surface area contributed by atoms with Crippen LogP contribution in [-0.2, 0) is 4.79 Å². The van der Waals surface area contributed by atoms with Crippen molar-refractivity contribution in [2.75, 3.05) is 19.5 Å². The highest BCUT2D eigenvalue weighted by Crippen LogP contribution is 2.42. The van der Waals surface area contributed by atoms with Gasteiger partial charge in [0.05, 0.1) is 19.9 Å². The highest BCUT2D eigenvalue weighted by molar-refractivity contribution is 5.95. The van der Waals surface area contributed by atoms with E-state index in [1.165, 1.54) is 14.2 Å². The Morgan fingerprint density at radius 3 is 2.64 bits per heavy atom. The zero-order chi connectivity index (χ0) is 19.8. The lowest BCUT2D eigenvalue weighted by atomic mass is 9.85. The van der Waals surface area contributed by atoms with Crippen LogP contribution in [0.4, 0.5) is 5.82 Å². The van der Waals surface area contributed by atoms with Gasteiger partial charge < -0.3 is 19.9 Å². The molecule has 1 atom stereocenters. The number of carbonyl (C=O) groups excluding carboxylic acids is 1. The van der Waals surface area contributed by atoms with E-state index >= 15 is 0 Å². The molecule has 3 aromatic rings. The van der Waals surface area contributed by atoms with Gasteiger partial charge in [-0.25, -0.2) is 0 Å². The molecule has 0 fully saturated rings. The Hall–Kier alpha value is -3.62. The fourth-order valence-corrected chi connectivity index (χ4v) is 3.46. The maximum atomic E-state index is 12.4. The Balaban J connectivity index is 1.81. The maximum absolute atomic E-state index is 12.4. The van der Waals surface area contributed by atoms with Crippen molar-refractivity contribution in [3.05, 3.63) is 47.2 Å². The average Bonchev–Trinajstić information content (AvgIpc) is 3.03. The number of ether oxygens (including phenoxy) is 2. The Morgan fingerprint density at radius 2 is 2.00 bits per heavy atom. The Labute approximate surface area is 160 Å². The van der Waals surface area contributed by atoms with Gasteiger partial charge in [-0.15, -0.1) is 10.2 Å². The van der Waals surface area contributed by atoms with Crippen LogP contribution < -0.4 is 14.8 Å². The maximum Gasteiger partial charge on any atom is 0.233 e. The molecule has 28 heavy (non-hydrogen) atoms. The highest BCUT2D eigenvalue weighted by Gasteiger charge is 2.33. The van der Waals surface area contributed by atoms with Crippen molar-refractivity contribution in [1.29, 1.82) is 0 Å². The number of aromatic nitrogens is 4. The summed E-state index contributed by atoms with van der Waals surface area (Å²) in [5, 5.41) is 25.7. The van der Waals surface area contributed by atoms with Gasteiger partial charge in [0.2, 0.25) is 11.8 Å². The van der Waals surface area contributed by atoms with Crippen LogP contribution in [0.1, 0.15) is 29.2 Å². The molecule has 0 aliphatic carbocycles. The number of hydrogen-bond acceptors (Lipinski definition) is 7. The van der Waals surface area contributed by atoms with Crippen molar-refractivity contribution < 1.29 is 19.4 Å². The molecular weight excluding hydrogens is 362 g/mol. The van der Waals surface area contributed by atoms with Crippen LogP contribution in [0.3, 0.4) is 0 Å². The van der Waals surface area contributed by atoms with Gasteiger partial charge in [-0.2, -0.15) is 9.78 Å². The van der Waals surface area contributed by atoms with Crippen molar-refractivity contribution in [2.24, 2.45) is 0 Å². The Kier molecular flexibility index (Phi) is 4.34. The summed E-state index contributed by atoms with van der Waals surface area (Å²) in [5.41, 5.74) is 2.44. The fourth-order valence-electron chi connectivity index (χ4n) is 3.46. The summed E-state index contributed by atoms with van der Waals surface area (Å²) in [6.45, 7) is 1.88. The van der Waals surface area contributed by atoms with Crippen molar-refractivity contribution >= 4 is 11.7 Å². The first-order valence-electron chi connectivity index (χ1n) is 8.66. The summed E-state index contributed by atoms with van der Waals surface area (Å²) in [6.07, 6.45) is 0.250. The molecule has 0 bridgehead atoms. The van der Waals surface area contributed by atoms with Crippen molar-refractivity contribution in [2.45, 2.75) is 19.3 Å². The zero-order valence-electron chi connectivity index (χ0n) is 15.6. The average molecular weight is 381 g/mol. The number of aryl methyl sites for hydroxylation is 1. The number of anilines is 1. The second-order valence-electron chi connectivity index (χ2n) is 6.43. The van der Waals surface area contributed by atoms with Gasteiger partial charge in [-0.05, 0) is 30.7 Å². The summed E-state index contributed by atoms with van der Waals surface area (Å²) in [4.78, 5) is 12.4. The van der Waals surface area contributed by atoms with E-state index in [1.54, 1.807) is 28.9 Å². The molecule has 144 valence electrons. The molecule has 3 heterocycles. The minimum atomic E-state index is -0.250. The molecule has 2 aromatic heterocycles. The molecule has 1 aliphatic rings. The van der Waals surface area contributed by atoms with Crippen LogP contribution in [0.2, 0.25) is 0 Å². The van der Waals surface area contributed by atoms with E-state index in [4.69, 9.17) is 9.47 Å². The number of phenolic OH excluding ortho intramolecular Hbond substituents is 1. The molecule has 9 heteroatoms. The number of phenols is 1. The SMILES string of the molecule is COc1ccc(-n2nc(C)c3c2NC(=O)C[C@H]3c2ccc(OC)c(O)c2)nn1. The smallest absolute Gasteiger partial charge is 0.233 e. The van der Waals surface area contributed by atoms with Crippen molar-refractivity contribution in [3.63, 3.8) is 0 Å². The second-order valence-corrected chi connectivity index (χ2v) is 6.43. The lowest BCUT2D eigenvalue weighted by Crippen LogP contribution is -2.25. The van der Waals surface area contributed by atoms with Crippen molar-refractivity contribution in [3.8, 4) is 23.2 Å². The minimum absolute atomic E-state index is 0.0265. The number of fused-ring (bicyclic) bond motifs is 1. The van der Waals surface area contributed by atoms with Crippen LogP contribution in [0.25, 0.3) is 5.82 Å². The molecule has 0 saturated carbocycles. The third-order valence-corrected chi connectivity index (χ3v) is 4.76. The number of nitrogens with one attached hydrogen (secondary N) is 1. The molecule has 1 aliphatic heterocycles. The molecular formula is C19H19N5O4. The lowest BCUT2D eigenvalue weighted by molar-refractivity contribution is -0.116. The van der Waals surface area contributed by atoms with E-state index in [1.807, 2.05) is 13.0 Å². The summed E-state index contributed by atoms with van der Waals surface area (Å²) in [7, 11) is 3.00. The number of benzene rings is 1. The van der Waals surface area contributed by atoms with Crippen LogP contribution in [-0.4, -0.2) is 45.2 Å². The van der Waals surface area contributed by atoms with Gasteiger partial charge in [0.1, 0.15) is 5.82 Å². The molecule has 1 aromatic carbocycles. The van der Waals surface area contributed by atoms with E-state index in [0.717, 1.165) is 16.8 Å². The Bertz CT molecular complexity index is 1050. The highest BCUT2D eigenvalue weighted by atomic mass is 16.5. The molecule has 0 saturated heterocycles. The first kappa shape index (κ1) is 17.8. The largest absolute Gasteiger partial charge is 0.504 e. The fraction of sp³-hybridized carbons (Fsp3) is 0.263. The number of amides is 1. The molecule has 9 nitrogen and oxygen atoms in total. The number of methoxy groups -OCH3 is 2. The monoisotopic (exact) mass is 381 g/mol. The van der Waals surface area contributed by atoms with E-state index < -0.39 is 0 Å². The quantitative estimate of drug-likeness (QED) is 0.712. The third-order valence-electron chi connectivity index (χ3n) is 4.76. The summed E-state index contributed by atoms with van der Waals surface area (Å²) in [6, 6.07) is 8.54. The summed E-state index contributed by atoms with van der Waals surface area (Å²) in [5.74, 6) is 1.41. The van der Waals surface area contributed by atoms with Crippen LogP contribution in [0.15, 0.2) is 30.3 Å². The van der Waals surface area contributed by atoms with E-state index in [0.29, 0.717) is 23.3 Å².